The first-order chi connectivity index (χ1) is 5.20. The lowest BCUT2D eigenvalue weighted by Gasteiger charge is -2.04. The third-order valence-electron chi connectivity index (χ3n) is 1.10. The van der Waals surface area contributed by atoms with E-state index in [0.717, 1.165) is 0 Å². The fourth-order valence-corrected chi connectivity index (χ4v) is 1.57. The molecule has 0 fully saturated rings. The molecule has 0 amide bonds. The normalized spacial score (nSPS) is 12.2. The van der Waals surface area contributed by atoms with Crippen LogP contribution >= 0.6 is 31.5 Å². The van der Waals surface area contributed by atoms with Crippen molar-refractivity contribution in [2.75, 3.05) is 11.8 Å². The van der Waals surface area contributed by atoms with Gasteiger partial charge in [-0.3, -0.25) is 0 Å². The van der Waals surface area contributed by atoms with E-state index in [1.165, 1.54) is 0 Å². The summed E-state index contributed by atoms with van der Waals surface area (Å²) < 4.78 is 14.8. The molecule has 0 saturated carbocycles. The van der Waals surface area contributed by atoms with Gasteiger partial charge in [-0.1, -0.05) is 0 Å². The summed E-state index contributed by atoms with van der Waals surface area (Å²) in [5.74, 6) is 0.815. The molecule has 0 aliphatic rings. The summed E-state index contributed by atoms with van der Waals surface area (Å²) in [6.07, 6.45) is 0.810. The average Bonchev–Trinajstić information content (AvgIpc) is 1.87. The standard InChI is InChI=1S/C5H9Cl2O3P/c6-3-1-5(2-4-7)10-11(8)9/h5H,1-4H2/p+1. The third kappa shape index (κ3) is 6.98. The molecular weight excluding hydrogens is 210 g/mol. The number of hydrogen-bond donors (Lipinski definition) is 1. The second kappa shape index (κ2) is 7.26. The Morgan fingerprint density at radius 2 is 1.82 bits per heavy atom. The fraction of sp³-hybridized carbons (Fsp3) is 1.00. The van der Waals surface area contributed by atoms with E-state index in [1.54, 1.807) is 0 Å². The molecule has 66 valence electrons. The van der Waals surface area contributed by atoms with Gasteiger partial charge in [0.2, 0.25) is 0 Å². The highest BCUT2D eigenvalue weighted by molar-refractivity contribution is 7.32. The molecule has 11 heavy (non-hydrogen) atoms. The summed E-state index contributed by atoms with van der Waals surface area (Å²) in [6, 6.07) is 0. The minimum atomic E-state index is -2.53. The van der Waals surface area contributed by atoms with Gasteiger partial charge in [0.1, 0.15) is 6.10 Å². The van der Waals surface area contributed by atoms with Gasteiger partial charge >= 0.3 is 8.25 Å². The van der Waals surface area contributed by atoms with Crippen LogP contribution in [0.2, 0.25) is 0 Å². The summed E-state index contributed by atoms with van der Waals surface area (Å²) in [5.41, 5.74) is 0. The lowest BCUT2D eigenvalue weighted by atomic mass is 10.2. The summed E-state index contributed by atoms with van der Waals surface area (Å²) in [6.45, 7) is 0. The largest absolute Gasteiger partial charge is 0.694 e. The summed E-state index contributed by atoms with van der Waals surface area (Å²) in [7, 11) is -2.53. The van der Waals surface area contributed by atoms with Gasteiger partial charge in [-0.15, -0.1) is 32.6 Å². The quantitative estimate of drug-likeness (QED) is 0.551. The van der Waals surface area contributed by atoms with E-state index in [1.807, 2.05) is 0 Å². The Bertz CT molecular complexity index is 116. The highest BCUT2D eigenvalue weighted by Crippen LogP contribution is 2.22. The predicted molar refractivity (Wildman–Crippen MR) is 45.4 cm³/mol. The number of rotatable bonds is 6. The Hall–Kier alpha value is 0.600. The lowest BCUT2D eigenvalue weighted by molar-refractivity contribution is 0.182. The molecule has 0 aromatic rings. The second-order valence-corrected chi connectivity index (χ2v) is 3.36. The van der Waals surface area contributed by atoms with Crippen LogP contribution in [0.15, 0.2) is 0 Å². The molecule has 0 aromatic carbocycles. The van der Waals surface area contributed by atoms with Crippen molar-refractivity contribution in [3.63, 3.8) is 0 Å². The minimum Gasteiger partial charge on any atom is -0.133 e. The molecule has 0 rings (SSSR count). The fourth-order valence-electron chi connectivity index (χ4n) is 0.621. The van der Waals surface area contributed by atoms with Crippen LogP contribution in [-0.4, -0.2) is 22.8 Å². The van der Waals surface area contributed by atoms with Crippen LogP contribution in [0.4, 0.5) is 0 Å². The zero-order chi connectivity index (χ0) is 8.69. The van der Waals surface area contributed by atoms with Gasteiger partial charge in [-0.25, -0.2) is 0 Å². The second-order valence-electron chi connectivity index (χ2n) is 1.92. The maximum Gasteiger partial charge on any atom is 0.694 e. The van der Waals surface area contributed by atoms with Crippen molar-refractivity contribution in [2.24, 2.45) is 0 Å². The van der Waals surface area contributed by atoms with Crippen LogP contribution in [0, 0.1) is 0 Å². The SMILES string of the molecule is O=[P+](O)OC(CCCl)CCCl. The number of hydrogen-bond acceptors (Lipinski definition) is 2. The van der Waals surface area contributed by atoms with Gasteiger partial charge in [-0.05, 0) is 12.8 Å². The van der Waals surface area contributed by atoms with E-state index in [4.69, 9.17) is 28.1 Å². The smallest absolute Gasteiger partial charge is 0.133 e. The molecule has 0 aliphatic carbocycles. The van der Waals surface area contributed by atoms with E-state index >= 15 is 0 Å². The maximum atomic E-state index is 10.2. The molecule has 0 bridgehead atoms. The van der Waals surface area contributed by atoms with E-state index in [0.29, 0.717) is 24.6 Å². The minimum absolute atomic E-state index is 0.293. The van der Waals surface area contributed by atoms with Crippen LogP contribution in [0.25, 0.3) is 0 Å². The molecule has 0 radical (unpaired) electrons. The molecule has 0 spiro atoms. The molecule has 6 heteroatoms. The van der Waals surface area contributed by atoms with Crippen molar-refractivity contribution in [1.29, 1.82) is 0 Å². The lowest BCUT2D eigenvalue weighted by Crippen LogP contribution is -2.10. The van der Waals surface area contributed by atoms with Crippen LogP contribution in [0.1, 0.15) is 12.8 Å². The molecule has 3 nitrogen and oxygen atoms in total. The van der Waals surface area contributed by atoms with Crippen molar-refractivity contribution in [2.45, 2.75) is 18.9 Å². The molecule has 0 aromatic heterocycles. The van der Waals surface area contributed by atoms with Gasteiger partial charge in [-0.2, -0.15) is 0 Å². The molecule has 1 N–H and O–H groups in total. The van der Waals surface area contributed by atoms with Gasteiger partial charge in [0.15, 0.2) is 0 Å². The third-order valence-corrected chi connectivity index (χ3v) is 2.02. The van der Waals surface area contributed by atoms with Crippen molar-refractivity contribution in [3.05, 3.63) is 0 Å². The Morgan fingerprint density at radius 1 is 1.36 bits per heavy atom. The Balaban J connectivity index is 3.59. The average molecular weight is 220 g/mol. The zero-order valence-corrected chi connectivity index (χ0v) is 8.28. The van der Waals surface area contributed by atoms with Crippen LogP contribution in [0.5, 0.6) is 0 Å². The molecular formula is C5H10Cl2O3P+. The maximum absolute atomic E-state index is 10.2. The summed E-state index contributed by atoms with van der Waals surface area (Å²) in [5, 5.41) is 0. The molecule has 0 saturated heterocycles. The van der Waals surface area contributed by atoms with Crippen LogP contribution < -0.4 is 0 Å². The molecule has 1 atom stereocenters. The Morgan fingerprint density at radius 3 is 2.09 bits per heavy atom. The van der Waals surface area contributed by atoms with Gasteiger partial charge < -0.3 is 0 Å². The van der Waals surface area contributed by atoms with Crippen molar-refractivity contribution >= 4 is 31.5 Å². The first-order valence-corrected chi connectivity index (χ1v) is 5.35. The molecule has 1 unspecified atom stereocenters. The topological polar surface area (TPSA) is 46.5 Å². The van der Waals surface area contributed by atoms with Gasteiger partial charge in [0.25, 0.3) is 0 Å². The number of halogens is 2. The van der Waals surface area contributed by atoms with Gasteiger partial charge in [0, 0.05) is 16.3 Å². The van der Waals surface area contributed by atoms with Crippen molar-refractivity contribution in [1.82, 2.24) is 0 Å². The highest BCUT2D eigenvalue weighted by Gasteiger charge is 2.21. The van der Waals surface area contributed by atoms with E-state index in [9.17, 15) is 4.57 Å². The Kier molecular flexibility index (Phi) is 7.66. The summed E-state index contributed by atoms with van der Waals surface area (Å²) >= 11 is 10.8. The predicted octanol–water partition coefficient (Wildman–Crippen LogP) is 2.28. The van der Waals surface area contributed by atoms with E-state index in [2.05, 4.69) is 4.52 Å². The van der Waals surface area contributed by atoms with Crippen molar-refractivity contribution < 1.29 is 14.0 Å². The monoisotopic (exact) mass is 219 g/mol. The van der Waals surface area contributed by atoms with Crippen molar-refractivity contribution in [3.8, 4) is 0 Å². The first-order valence-electron chi connectivity index (χ1n) is 3.15. The number of alkyl halides is 2. The zero-order valence-electron chi connectivity index (χ0n) is 5.87. The van der Waals surface area contributed by atoms with E-state index in [-0.39, 0.29) is 6.10 Å². The summed E-state index contributed by atoms with van der Waals surface area (Å²) in [4.78, 5) is 8.38. The highest BCUT2D eigenvalue weighted by atomic mass is 35.5. The van der Waals surface area contributed by atoms with Gasteiger partial charge in [0.05, 0.1) is 0 Å². The molecule has 0 aliphatic heterocycles. The molecule has 0 heterocycles. The Labute approximate surface area is 76.6 Å². The van der Waals surface area contributed by atoms with Crippen LogP contribution in [0.3, 0.4) is 0 Å². The van der Waals surface area contributed by atoms with Crippen LogP contribution in [-0.2, 0) is 9.09 Å². The van der Waals surface area contributed by atoms with E-state index < -0.39 is 8.25 Å². The first kappa shape index (κ1) is 11.6.